The molecule has 134 valence electrons. The Morgan fingerprint density at radius 1 is 1.27 bits per heavy atom. The SMILES string of the molecule is COC1=CC(c2ccc3c(c2)OCCN3C)=NC1=Cc1[nH]c(C)cc1C. The number of aliphatic imine (C=N–C) groups is 1. The third-order valence-corrected chi connectivity index (χ3v) is 4.80. The number of aryl methyl sites for hydroxylation is 2. The summed E-state index contributed by atoms with van der Waals surface area (Å²) >= 11 is 0. The van der Waals surface area contributed by atoms with Crippen molar-refractivity contribution in [2.75, 3.05) is 32.2 Å². The lowest BCUT2D eigenvalue weighted by Crippen LogP contribution is -2.28. The second-order valence-electron chi connectivity index (χ2n) is 6.74. The van der Waals surface area contributed by atoms with E-state index in [-0.39, 0.29) is 0 Å². The molecule has 4 rings (SSSR count). The summed E-state index contributed by atoms with van der Waals surface area (Å²) in [7, 11) is 3.76. The molecule has 26 heavy (non-hydrogen) atoms. The summed E-state index contributed by atoms with van der Waals surface area (Å²) in [6.45, 7) is 5.75. The van der Waals surface area contributed by atoms with Crippen LogP contribution in [0, 0.1) is 13.8 Å². The molecule has 0 aliphatic carbocycles. The Balaban J connectivity index is 1.71. The summed E-state index contributed by atoms with van der Waals surface area (Å²) in [6.07, 6.45) is 4.01. The van der Waals surface area contributed by atoms with Gasteiger partial charge in [0.25, 0.3) is 0 Å². The fourth-order valence-corrected chi connectivity index (χ4v) is 3.38. The molecule has 2 aliphatic heterocycles. The van der Waals surface area contributed by atoms with E-state index in [2.05, 4.69) is 55.0 Å². The number of nitrogens with one attached hydrogen (secondary N) is 1. The molecule has 0 unspecified atom stereocenters. The van der Waals surface area contributed by atoms with Crippen molar-refractivity contribution in [3.63, 3.8) is 0 Å². The second kappa shape index (κ2) is 6.41. The molecule has 5 nitrogen and oxygen atoms in total. The van der Waals surface area contributed by atoms with Gasteiger partial charge in [0, 0.05) is 30.1 Å². The lowest BCUT2D eigenvalue weighted by Gasteiger charge is -2.27. The number of hydrogen-bond acceptors (Lipinski definition) is 4. The molecule has 0 spiro atoms. The average Bonchev–Trinajstić information content (AvgIpc) is 3.17. The largest absolute Gasteiger partial charge is 0.494 e. The number of aromatic nitrogens is 1. The van der Waals surface area contributed by atoms with Crippen LogP contribution in [0.2, 0.25) is 0 Å². The van der Waals surface area contributed by atoms with E-state index in [1.807, 2.05) is 12.2 Å². The summed E-state index contributed by atoms with van der Waals surface area (Å²) < 4.78 is 11.4. The van der Waals surface area contributed by atoms with Gasteiger partial charge in [-0.15, -0.1) is 0 Å². The Morgan fingerprint density at radius 3 is 2.85 bits per heavy atom. The lowest BCUT2D eigenvalue weighted by molar-refractivity contribution is 0.303. The molecule has 1 aromatic carbocycles. The van der Waals surface area contributed by atoms with Crippen molar-refractivity contribution >= 4 is 17.5 Å². The number of nitrogens with zero attached hydrogens (tertiary/aromatic N) is 2. The van der Waals surface area contributed by atoms with Crippen LogP contribution in [0.5, 0.6) is 5.75 Å². The molecule has 1 N–H and O–H groups in total. The number of aromatic amines is 1. The quantitative estimate of drug-likeness (QED) is 0.916. The van der Waals surface area contributed by atoms with Crippen LogP contribution in [0.4, 0.5) is 5.69 Å². The van der Waals surface area contributed by atoms with E-state index in [1.54, 1.807) is 7.11 Å². The first-order valence-corrected chi connectivity index (χ1v) is 8.76. The first-order chi connectivity index (χ1) is 12.5. The number of hydrogen-bond donors (Lipinski definition) is 1. The molecule has 0 atom stereocenters. The third kappa shape index (κ3) is 2.90. The maximum absolute atomic E-state index is 5.82. The predicted octanol–water partition coefficient (Wildman–Crippen LogP) is 3.83. The van der Waals surface area contributed by atoms with Crippen molar-refractivity contribution in [2.24, 2.45) is 4.99 Å². The van der Waals surface area contributed by atoms with Crippen molar-refractivity contribution < 1.29 is 9.47 Å². The van der Waals surface area contributed by atoms with Gasteiger partial charge in [-0.3, -0.25) is 0 Å². The number of rotatable bonds is 3. The van der Waals surface area contributed by atoms with E-state index in [1.165, 1.54) is 5.56 Å². The number of anilines is 1. The summed E-state index contributed by atoms with van der Waals surface area (Å²) in [5, 5.41) is 0. The minimum atomic E-state index is 0.704. The molecule has 0 radical (unpaired) electrons. The summed E-state index contributed by atoms with van der Waals surface area (Å²) in [6, 6.07) is 8.35. The highest BCUT2D eigenvalue weighted by Gasteiger charge is 2.20. The lowest BCUT2D eigenvalue weighted by atomic mass is 10.1. The molecule has 3 heterocycles. The zero-order chi connectivity index (χ0) is 18.3. The van der Waals surface area contributed by atoms with Gasteiger partial charge in [-0.2, -0.15) is 0 Å². The zero-order valence-corrected chi connectivity index (χ0v) is 15.6. The van der Waals surface area contributed by atoms with Crippen LogP contribution in [0.1, 0.15) is 22.5 Å². The summed E-state index contributed by atoms with van der Waals surface area (Å²) in [4.78, 5) is 10.4. The van der Waals surface area contributed by atoms with Crippen molar-refractivity contribution in [3.05, 3.63) is 64.3 Å². The normalized spacial score (nSPS) is 17.7. The van der Waals surface area contributed by atoms with E-state index in [9.17, 15) is 0 Å². The molecule has 2 aromatic rings. The van der Waals surface area contributed by atoms with Crippen LogP contribution < -0.4 is 9.64 Å². The first kappa shape index (κ1) is 16.5. The summed E-state index contributed by atoms with van der Waals surface area (Å²) in [5.74, 6) is 1.67. The Bertz CT molecular complexity index is 950. The smallest absolute Gasteiger partial charge is 0.146 e. The topological polar surface area (TPSA) is 49.9 Å². The number of likely N-dealkylation sites (N-methyl/N-ethyl adjacent to an activating group) is 1. The van der Waals surface area contributed by atoms with Gasteiger partial charge in [0.2, 0.25) is 0 Å². The number of ether oxygens (including phenoxy) is 2. The zero-order valence-electron chi connectivity index (χ0n) is 15.6. The fourth-order valence-electron chi connectivity index (χ4n) is 3.38. The van der Waals surface area contributed by atoms with Crippen molar-refractivity contribution in [1.82, 2.24) is 4.98 Å². The first-order valence-electron chi connectivity index (χ1n) is 8.76. The Morgan fingerprint density at radius 2 is 2.12 bits per heavy atom. The van der Waals surface area contributed by atoms with Gasteiger partial charge >= 0.3 is 0 Å². The molecule has 0 fully saturated rings. The third-order valence-electron chi connectivity index (χ3n) is 4.80. The standard InChI is InChI=1S/C21H23N3O2/c1-13-9-14(2)22-16(13)11-18-20(25-4)12-17(23-18)15-5-6-19-21(10-15)26-8-7-24(19)3/h5-6,9-12,22H,7-8H2,1-4H3. The predicted molar refractivity (Wildman–Crippen MR) is 105 cm³/mol. The van der Waals surface area contributed by atoms with Crippen molar-refractivity contribution in [1.29, 1.82) is 0 Å². The molecular formula is C21H23N3O2. The van der Waals surface area contributed by atoms with Gasteiger partial charge in [0.1, 0.15) is 23.8 Å². The number of fused-ring (bicyclic) bond motifs is 1. The van der Waals surface area contributed by atoms with Crippen LogP contribution in [-0.2, 0) is 4.74 Å². The van der Waals surface area contributed by atoms with Crippen LogP contribution >= 0.6 is 0 Å². The monoisotopic (exact) mass is 349 g/mol. The van der Waals surface area contributed by atoms with Gasteiger partial charge in [-0.25, -0.2) is 4.99 Å². The maximum Gasteiger partial charge on any atom is 0.146 e. The number of allylic oxidation sites excluding steroid dienone is 1. The molecular weight excluding hydrogens is 326 g/mol. The van der Waals surface area contributed by atoms with Gasteiger partial charge in [-0.05, 0) is 43.7 Å². The molecule has 0 saturated heterocycles. The Labute approximate surface area is 153 Å². The molecule has 1 aromatic heterocycles. The molecule has 2 aliphatic rings. The number of methoxy groups -OCH3 is 1. The van der Waals surface area contributed by atoms with Gasteiger partial charge in [0.15, 0.2) is 0 Å². The van der Waals surface area contributed by atoms with E-state index < -0.39 is 0 Å². The van der Waals surface area contributed by atoms with Crippen LogP contribution in [0.25, 0.3) is 6.08 Å². The Kier molecular flexibility index (Phi) is 4.07. The van der Waals surface area contributed by atoms with E-state index in [0.717, 1.165) is 52.1 Å². The highest BCUT2D eigenvalue weighted by molar-refractivity contribution is 6.12. The van der Waals surface area contributed by atoms with Gasteiger partial charge < -0.3 is 19.4 Å². The molecule has 0 saturated carbocycles. The Hall–Kier alpha value is -2.95. The fraction of sp³-hybridized carbons (Fsp3) is 0.286. The second-order valence-corrected chi connectivity index (χ2v) is 6.74. The van der Waals surface area contributed by atoms with Crippen LogP contribution in [0.3, 0.4) is 0 Å². The van der Waals surface area contributed by atoms with Crippen LogP contribution in [0.15, 0.2) is 46.8 Å². The van der Waals surface area contributed by atoms with E-state index >= 15 is 0 Å². The molecule has 5 heteroatoms. The minimum absolute atomic E-state index is 0.704. The maximum atomic E-state index is 5.82. The highest BCUT2D eigenvalue weighted by Crippen LogP contribution is 2.33. The average molecular weight is 349 g/mol. The number of H-pyrrole nitrogens is 1. The van der Waals surface area contributed by atoms with Gasteiger partial charge in [-0.1, -0.05) is 6.07 Å². The summed E-state index contributed by atoms with van der Waals surface area (Å²) in [5.41, 5.74) is 7.23. The highest BCUT2D eigenvalue weighted by atomic mass is 16.5. The van der Waals surface area contributed by atoms with E-state index in [4.69, 9.17) is 14.5 Å². The minimum Gasteiger partial charge on any atom is -0.494 e. The molecule has 0 amide bonds. The number of benzene rings is 1. The molecule has 0 bridgehead atoms. The van der Waals surface area contributed by atoms with Crippen molar-refractivity contribution in [3.8, 4) is 5.75 Å². The van der Waals surface area contributed by atoms with E-state index in [0.29, 0.717) is 6.61 Å². The van der Waals surface area contributed by atoms with Crippen molar-refractivity contribution in [2.45, 2.75) is 13.8 Å². The van der Waals surface area contributed by atoms with Crippen LogP contribution in [-0.4, -0.2) is 38.0 Å². The van der Waals surface area contributed by atoms with Gasteiger partial charge in [0.05, 0.1) is 25.1 Å².